The van der Waals surface area contributed by atoms with Crippen molar-refractivity contribution >= 4 is 44.8 Å². The van der Waals surface area contributed by atoms with Gasteiger partial charge in [0.05, 0.1) is 10.6 Å². The molecule has 0 bridgehead atoms. The second-order valence-corrected chi connectivity index (χ2v) is 8.18. The van der Waals surface area contributed by atoms with Crippen LogP contribution in [0.2, 0.25) is 0 Å². The van der Waals surface area contributed by atoms with E-state index in [2.05, 4.69) is 10.3 Å². The van der Waals surface area contributed by atoms with Crippen LogP contribution >= 0.6 is 22.7 Å². The quantitative estimate of drug-likeness (QED) is 0.205. The van der Waals surface area contributed by atoms with Crippen molar-refractivity contribution < 1.29 is 14.5 Å². The van der Waals surface area contributed by atoms with Gasteiger partial charge in [0.15, 0.2) is 5.13 Å². The Balaban J connectivity index is 1.36. The third-order valence-electron chi connectivity index (χ3n) is 4.05. The van der Waals surface area contributed by atoms with Gasteiger partial charge in [0.1, 0.15) is 11.5 Å². The summed E-state index contributed by atoms with van der Waals surface area (Å²) < 4.78 is 5.79. The maximum Gasteiger partial charge on any atom is 0.324 e. The molecule has 0 radical (unpaired) electrons. The maximum atomic E-state index is 12.1. The van der Waals surface area contributed by atoms with Crippen molar-refractivity contribution in [2.45, 2.75) is 0 Å². The highest BCUT2D eigenvalue weighted by atomic mass is 32.1. The summed E-state index contributed by atoms with van der Waals surface area (Å²) in [5.41, 5.74) is 1.64. The van der Waals surface area contributed by atoms with Gasteiger partial charge in [-0.3, -0.25) is 20.2 Å². The minimum absolute atomic E-state index is 0.0322. The summed E-state index contributed by atoms with van der Waals surface area (Å²) in [5.74, 6) is 1.13. The number of hydrogen-bond donors (Lipinski definition) is 1. The molecule has 7 nitrogen and oxygen atoms in total. The number of amides is 1. The molecule has 154 valence electrons. The second-order valence-electron chi connectivity index (χ2n) is 6.23. The van der Waals surface area contributed by atoms with Crippen molar-refractivity contribution in [3.8, 4) is 22.8 Å². The van der Waals surface area contributed by atoms with Gasteiger partial charge in [-0.15, -0.1) is 11.3 Å². The fourth-order valence-corrected chi connectivity index (χ4v) is 4.06. The van der Waals surface area contributed by atoms with E-state index in [-0.39, 0.29) is 10.9 Å². The molecule has 0 spiro atoms. The van der Waals surface area contributed by atoms with E-state index in [1.165, 1.54) is 29.6 Å². The molecule has 2 heterocycles. The zero-order valence-electron chi connectivity index (χ0n) is 15.9. The van der Waals surface area contributed by atoms with Crippen LogP contribution < -0.4 is 10.1 Å². The van der Waals surface area contributed by atoms with Crippen LogP contribution in [0, 0.1) is 10.1 Å². The van der Waals surface area contributed by atoms with Gasteiger partial charge >= 0.3 is 5.00 Å². The summed E-state index contributed by atoms with van der Waals surface area (Å²) in [5, 5.41) is 15.8. The number of nitro groups is 1. The third-order valence-corrected chi connectivity index (χ3v) is 5.81. The number of benzene rings is 2. The smallest absolute Gasteiger partial charge is 0.324 e. The van der Waals surface area contributed by atoms with Crippen LogP contribution in [-0.4, -0.2) is 15.8 Å². The number of para-hydroxylation sites is 1. The van der Waals surface area contributed by atoms with Crippen molar-refractivity contribution in [2.24, 2.45) is 0 Å². The van der Waals surface area contributed by atoms with E-state index in [9.17, 15) is 14.9 Å². The average molecular weight is 450 g/mol. The van der Waals surface area contributed by atoms with E-state index >= 15 is 0 Å². The normalized spacial score (nSPS) is 10.8. The van der Waals surface area contributed by atoms with Crippen LogP contribution in [0.4, 0.5) is 10.1 Å². The highest BCUT2D eigenvalue weighted by molar-refractivity contribution is 7.16. The number of carbonyl (C=O) groups excluding carboxylic acids is 1. The van der Waals surface area contributed by atoms with Gasteiger partial charge in [0, 0.05) is 28.0 Å². The molecule has 9 heteroatoms. The van der Waals surface area contributed by atoms with Crippen molar-refractivity contribution in [3.63, 3.8) is 0 Å². The van der Waals surface area contributed by atoms with Crippen molar-refractivity contribution in [1.29, 1.82) is 0 Å². The standard InChI is InChI=1S/C22H15N3O4S2/c26-20(12-10-18-11-13-21(31-18)25(27)28)24-22-23-19(14-30-22)15-6-8-17(9-7-15)29-16-4-2-1-3-5-16/h1-14H,(H,23,24,26). The molecule has 1 N–H and O–H groups in total. The zero-order chi connectivity index (χ0) is 21.6. The number of thiazole rings is 1. The van der Waals surface area contributed by atoms with Crippen LogP contribution in [0.1, 0.15) is 4.88 Å². The second kappa shape index (κ2) is 9.33. The fourth-order valence-electron chi connectivity index (χ4n) is 2.62. The van der Waals surface area contributed by atoms with Crippen molar-refractivity contribution in [3.05, 3.63) is 93.2 Å². The highest BCUT2D eigenvalue weighted by Crippen LogP contribution is 2.28. The first-order valence-electron chi connectivity index (χ1n) is 9.09. The molecule has 0 aliphatic carbocycles. The maximum absolute atomic E-state index is 12.1. The van der Waals surface area contributed by atoms with Gasteiger partial charge in [-0.05, 0) is 48.5 Å². The molecule has 4 aromatic rings. The molecule has 0 saturated carbocycles. The summed E-state index contributed by atoms with van der Waals surface area (Å²) in [7, 11) is 0. The molecular formula is C22H15N3O4S2. The van der Waals surface area contributed by atoms with E-state index < -0.39 is 4.92 Å². The lowest BCUT2D eigenvalue weighted by molar-refractivity contribution is -0.380. The zero-order valence-corrected chi connectivity index (χ0v) is 17.6. The van der Waals surface area contributed by atoms with Crippen LogP contribution in [0.25, 0.3) is 17.3 Å². The number of carbonyl (C=O) groups is 1. The van der Waals surface area contributed by atoms with E-state index in [1.54, 1.807) is 6.07 Å². The lowest BCUT2D eigenvalue weighted by Gasteiger charge is -2.05. The van der Waals surface area contributed by atoms with E-state index in [0.717, 1.165) is 34.1 Å². The Hall–Kier alpha value is -3.82. The summed E-state index contributed by atoms with van der Waals surface area (Å²) in [6, 6.07) is 20.1. The first kappa shape index (κ1) is 20.5. The fraction of sp³-hybridized carbons (Fsp3) is 0. The van der Waals surface area contributed by atoms with E-state index in [1.807, 2.05) is 60.0 Å². The van der Waals surface area contributed by atoms with Gasteiger partial charge < -0.3 is 4.74 Å². The van der Waals surface area contributed by atoms with Crippen LogP contribution in [0.15, 0.2) is 78.2 Å². The van der Waals surface area contributed by atoms with Gasteiger partial charge in [0.25, 0.3) is 0 Å². The minimum atomic E-state index is -0.459. The molecule has 0 fully saturated rings. The van der Waals surface area contributed by atoms with Crippen molar-refractivity contribution in [2.75, 3.05) is 5.32 Å². The number of hydrogen-bond acceptors (Lipinski definition) is 7. The first-order chi connectivity index (χ1) is 15.1. The number of anilines is 1. The largest absolute Gasteiger partial charge is 0.457 e. The Labute approximate surface area is 185 Å². The monoisotopic (exact) mass is 449 g/mol. The van der Waals surface area contributed by atoms with Gasteiger partial charge in [0.2, 0.25) is 5.91 Å². The summed E-state index contributed by atoms with van der Waals surface area (Å²) in [6.45, 7) is 0. The SMILES string of the molecule is O=C(C=Cc1ccc([N+](=O)[O-])s1)Nc1nc(-c2ccc(Oc3ccccc3)cc2)cs1. The lowest BCUT2D eigenvalue weighted by atomic mass is 10.2. The Kier molecular flexibility index (Phi) is 6.16. The highest BCUT2D eigenvalue weighted by Gasteiger charge is 2.09. The van der Waals surface area contributed by atoms with Crippen LogP contribution in [0.5, 0.6) is 11.5 Å². The molecule has 1 amide bonds. The van der Waals surface area contributed by atoms with E-state index in [0.29, 0.717) is 10.0 Å². The Morgan fingerprint density at radius 2 is 1.77 bits per heavy atom. The van der Waals surface area contributed by atoms with Crippen LogP contribution in [-0.2, 0) is 4.79 Å². The summed E-state index contributed by atoms with van der Waals surface area (Å²) in [4.78, 5) is 27.4. The predicted octanol–water partition coefficient (Wildman–Crippen LogP) is 6.22. The number of nitrogens with one attached hydrogen (secondary N) is 1. The molecular weight excluding hydrogens is 434 g/mol. The van der Waals surface area contributed by atoms with Gasteiger partial charge in [-0.25, -0.2) is 4.98 Å². The number of thiophene rings is 1. The number of nitrogens with zero attached hydrogens (tertiary/aromatic N) is 2. The first-order valence-corrected chi connectivity index (χ1v) is 10.8. The Morgan fingerprint density at radius 3 is 2.48 bits per heavy atom. The lowest BCUT2D eigenvalue weighted by Crippen LogP contribution is -2.07. The van der Waals surface area contributed by atoms with Gasteiger partial charge in [-0.2, -0.15) is 0 Å². The average Bonchev–Trinajstić information content (AvgIpc) is 3.44. The predicted molar refractivity (Wildman–Crippen MR) is 123 cm³/mol. The Morgan fingerprint density at radius 1 is 1.03 bits per heavy atom. The summed E-state index contributed by atoms with van der Waals surface area (Å²) in [6.07, 6.45) is 2.86. The third kappa shape index (κ3) is 5.41. The van der Waals surface area contributed by atoms with Crippen LogP contribution in [0.3, 0.4) is 0 Å². The van der Waals surface area contributed by atoms with Crippen molar-refractivity contribution in [1.82, 2.24) is 4.98 Å². The summed E-state index contributed by atoms with van der Waals surface area (Å²) >= 11 is 2.32. The molecule has 0 unspecified atom stereocenters. The van der Waals surface area contributed by atoms with Gasteiger partial charge in [-0.1, -0.05) is 29.5 Å². The molecule has 0 aliphatic rings. The number of rotatable bonds is 7. The molecule has 0 saturated heterocycles. The molecule has 0 aliphatic heterocycles. The minimum Gasteiger partial charge on any atom is -0.457 e. The number of ether oxygens (including phenoxy) is 1. The number of aromatic nitrogens is 1. The molecule has 4 rings (SSSR count). The Bertz CT molecular complexity index is 1230. The molecule has 2 aromatic carbocycles. The molecule has 0 atom stereocenters. The van der Waals surface area contributed by atoms with E-state index in [4.69, 9.17) is 4.74 Å². The molecule has 2 aromatic heterocycles. The molecule has 31 heavy (non-hydrogen) atoms. The topological polar surface area (TPSA) is 94.4 Å².